The van der Waals surface area contributed by atoms with Crippen LogP contribution < -0.4 is 0 Å². The zero-order valence-corrected chi connectivity index (χ0v) is 28.3. The maximum absolute atomic E-state index is 3.73. The molecule has 0 amide bonds. The van der Waals surface area contributed by atoms with Crippen LogP contribution in [0.4, 0.5) is 0 Å². The fourth-order valence-corrected chi connectivity index (χ4v) is 7.68. The van der Waals surface area contributed by atoms with Crippen LogP contribution in [0.1, 0.15) is 0 Å². The molecule has 0 saturated heterocycles. The number of hydrogen-bond donors (Lipinski definition) is 0. The smallest absolute Gasteiger partial charge is 0.0781 e. The molecule has 0 saturated carbocycles. The maximum Gasteiger partial charge on any atom is 0.0781 e. The molecule has 0 aliphatic rings. The van der Waals surface area contributed by atoms with E-state index in [4.69, 9.17) is 0 Å². The van der Waals surface area contributed by atoms with Crippen LogP contribution in [-0.2, 0) is 0 Å². The summed E-state index contributed by atoms with van der Waals surface area (Å²) in [7, 11) is 0. The van der Waals surface area contributed by atoms with E-state index in [-0.39, 0.29) is 0 Å². The van der Waals surface area contributed by atoms with Crippen molar-refractivity contribution in [2.45, 2.75) is 0 Å². The number of halogens is 4. The van der Waals surface area contributed by atoms with Crippen molar-refractivity contribution in [2.24, 2.45) is 0 Å². The van der Waals surface area contributed by atoms with E-state index in [2.05, 4.69) is 194 Å². The molecule has 2 aromatic heterocycles. The summed E-state index contributed by atoms with van der Waals surface area (Å²) in [6, 6.07) is 43.6. The van der Waals surface area contributed by atoms with Crippen molar-refractivity contribution in [1.82, 2.24) is 9.13 Å². The van der Waals surface area contributed by atoms with Gasteiger partial charge in [0, 0.05) is 45.0 Å². The molecule has 0 fully saturated rings. The average Bonchev–Trinajstić information content (AvgIpc) is 3.48. The lowest BCUT2D eigenvalue weighted by atomic mass is 10.0. The molecule has 202 valence electrons. The van der Waals surface area contributed by atoms with Crippen LogP contribution in [-0.4, -0.2) is 9.13 Å². The van der Waals surface area contributed by atoms with Crippen molar-refractivity contribution in [3.8, 4) is 22.5 Å². The molecule has 0 aliphatic carbocycles. The first-order chi connectivity index (χ1) is 20.5. The number of rotatable bonds is 3. The van der Waals surface area contributed by atoms with Gasteiger partial charge in [0.2, 0.25) is 0 Å². The predicted octanol–water partition coefficient (Wildman–Crippen LogP) is 12.6. The van der Waals surface area contributed by atoms with Gasteiger partial charge in [-0.2, -0.15) is 0 Å². The number of aromatic nitrogens is 2. The van der Waals surface area contributed by atoms with Gasteiger partial charge in [0.05, 0.1) is 33.4 Å². The molecule has 0 spiro atoms. The predicted molar refractivity (Wildman–Crippen MR) is 191 cm³/mol. The number of nitrogens with zero attached hydrogens (tertiary/aromatic N) is 2. The van der Waals surface area contributed by atoms with Crippen molar-refractivity contribution >= 4 is 107 Å². The van der Waals surface area contributed by atoms with Crippen molar-refractivity contribution in [3.63, 3.8) is 0 Å². The van der Waals surface area contributed by atoms with Gasteiger partial charge in [-0.25, -0.2) is 0 Å². The largest absolute Gasteiger partial charge is 0.307 e. The van der Waals surface area contributed by atoms with Crippen LogP contribution in [0.15, 0.2) is 139 Å². The molecule has 42 heavy (non-hydrogen) atoms. The van der Waals surface area contributed by atoms with Gasteiger partial charge in [-0.3, -0.25) is 0 Å². The van der Waals surface area contributed by atoms with Crippen LogP contribution in [0.5, 0.6) is 0 Å². The molecule has 2 heterocycles. The van der Waals surface area contributed by atoms with Gasteiger partial charge in [-0.15, -0.1) is 0 Å². The molecule has 0 unspecified atom stereocenters. The zero-order valence-electron chi connectivity index (χ0n) is 22.0. The summed E-state index contributed by atoms with van der Waals surface area (Å²) in [6.45, 7) is 0. The first-order valence-corrected chi connectivity index (χ1v) is 16.6. The van der Waals surface area contributed by atoms with Crippen molar-refractivity contribution < 1.29 is 0 Å². The third-order valence-electron chi connectivity index (χ3n) is 7.94. The van der Waals surface area contributed by atoms with Crippen molar-refractivity contribution in [3.05, 3.63) is 139 Å². The SMILES string of the molecule is Brc1ccc2c(c1)c1cc(Br)ccc1n2-c1cccc(-c2ccccc2)c1-n1c2ccc(Br)cc2c2cc(Br)ccc21. The van der Waals surface area contributed by atoms with E-state index >= 15 is 0 Å². The standard InChI is InChI=1S/C36H20Br4N2/c37-22-9-13-31-27(17-22)28-18-23(38)10-14-32(28)41(31)35-8-4-7-26(21-5-2-1-3-6-21)36(35)42-33-15-11-24(39)19-29(33)30-20-25(40)12-16-34(30)42/h1-20H. The number of fused-ring (bicyclic) bond motifs is 6. The molecule has 0 bridgehead atoms. The molecule has 6 heteroatoms. The first-order valence-electron chi connectivity index (χ1n) is 13.5. The highest BCUT2D eigenvalue weighted by molar-refractivity contribution is 9.11. The Hall–Kier alpha value is -3.16. The minimum Gasteiger partial charge on any atom is -0.307 e. The minimum atomic E-state index is 1.06. The molecule has 0 aliphatic heterocycles. The van der Waals surface area contributed by atoms with E-state index in [0.29, 0.717) is 0 Å². The summed E-state index contributed by atoms with van der Waals surface area (Å²) in [5.41, 5.74) is 9.22. The molecule has 2 nitrogen and oxygen atoms in total. The van der Waals surface area contributed by atoms with Crippen LogP contribution in [0, 0.1) is 0 Å². The molecular formula is C36H20Br4N2. The number of hydrogen-bond acceptors (Lipinski definition) is 0. The zero-order chi connectivity index (χ0) is 28.5. The molecule has 0 atom stereocenters. The summed E-state index contributed by atoms with van der Waals surface area (Å²) in [4.78, 5) is 0. The second-order valence-electron chi connectivity index (χ2n) is 10.4. The molecule has 0 N–H and O–H groups in total. The van der Waals surface area contributed by atoms with Crippen LogP contribution in [0.3, 0.4) is 0 Å². The first kappa shape index (κ1) is 26.5. The Balaban J connectivity index is 1.60. The van der Waals surface area contributed by atoms with E-state index in [1.807, 2.05) is 0 Å². The Morgan fingerprint density at radius 1 is 0.381 bits per heavy atom. The summed E-state index contributed by atoms with van der Waals surface area (Å²) >= 11 is 14.9. The Morgan fingerprint density at radius 3 is 1.26 bits per heavy atom. The maximum atomic E-state index is 3.73. The molecule has 8 aromatic rings. The minimum absolute atomic E-state index is 1.06. The molecule has 6 aromatic carbocycles. The Bertz CT molecular complexity index is 2230. The summed E-state index contributed by atoms with van der Waals surface area (Å²) in [5, 5.41) is 4.80. The summed E-state index contributed by atoms with van der Waals surface area (Å²) in [6.07, 6.45) is 0. The van der Waals surface area contributed by atoms with Gasteiger partial charge < -0.3 is 9.13 Å². The van der Waals surface area contributed by atoms with Crippen LogP contribution in [0.2, 0.25) is 0 Å². The lowest BCUT2D eigenvalue weighted by molar-refractivity contribution is 1.10. The second-order valence-corrected chi connectivity index (χ2v) is 14.0. The van der Waals surface area contributed by atoms with Gasteiger partial charge in [0.1, 0.15) is 0 Å². The molecule has 0 radical (unpaired) electrons. The lowest BCUT2D eigenvalue weighted by Gasteiger charge is -2.21. The van der Waals surface area contributed by atoms with E-state index in [1.54, 1.807) is 0 Å². The van der Waals surface area contributed by atoms with Gasteiger partial charge in [-0.05, 0) is 84.4 Å². The number of benzene rings is 6. The third kappa shape index (κ3) is 4.15. The molecule has 8 rings (SSSR count). The van der Waals surface area contributed by atoms with E-state index in [0.717, 1.165) is 51.3 Å². The quantitative estimate of drug-likeness (QED) is 0.168. The van der Waals surface area contributed by atoms with Gasteiger partial charge in [-0.1, -0.05) is 106 Å². The van der Waals surface area contributed by atoms with Gasteiger partial charge in [0.15, 0.2) is 0 Å². The van der Waals surface area contributed by atoms with Gasteiger partial charge in [0.25, 0.3) is 0 Å². The summed E-state index contributed by atoms with van der Waals surface area (Å²) in [5.74, 6) is 0. The Kier molecular flexibility index (Phi) is 6.45. The fraction of sp³-hybridized carbons (Fsp3) is 0. The Morgan fingerprint density at radius 2 is 0.810 bits per heavy atom. The highest BCUT2D eigenvalue weighted by Gasteiger charge is 2.22. The average molecular weight is 800 g/mol. The lowest BCUT2D eigenvalue weighted by Crippen LogP contribution is -2.05. The molecular weight excluding hydrogens is 780 g/mol. The monoisotopic (exact) mass is 796 g/mol. The number of para-hydroxylation sites is 1. The Labute approximate surface area is 276 Å². The van der Waals surface area contributed by atoms with E-state index in [1.165, 1.54) is 32.7 Å². The summed E-state index contributed by atoms with van der Waals surface area (Å²) < 4.78 is 9.10. The van der Waals surface area contributed by atoms with Gasteiger partial charge >= 0.3 is 0 Å². The van der Waals surface area contributed by atoms with Crippen molar-refractivity contribution in [1.29, 1.82) is 0 Å². The normalized spacial score (nSPS) is 11.8. The van der Waals surface area contributed by atoms with Crippen LogP contribution in [0.25, 0.3) is 66.1 Å². The second kappa shape index (κ2) is 10.2. The van der Waals surface area contributed by atoms with Crippen molar-refractivity contribution in [2.75, 3.05) is 0 Å². The third-order valence-corrected chi connectivity index (χ3v) is 9.92. The topological polar surface area (TPSA) is 9.86 Å². The van der Waals surface area contributed by atoms with Crippen LogP contribution >= 0.6 is 63.7 Å². The van der Waals surface area contributed by atoms with E-state index in [9.17, 15) is 0 Å². The fourth-order valence-electron chi connectivity index (χ4n) is 6.23. The van der Waals surface area contributed by atoms with E-state index < -0.39 is 0 Å². The highest BCUT2D eigenvalue weighted by Crippen LogP contribution is 2.43. The highest BCUT2D eigenvalue weighted by atomic mass is 79.9.